The van der Waals surface area contributed by atoms with Crippen molar-refractivity contribution in [1.29, 1.82) is 0 Å². The van der Waals surface area contributed by atoms with E-state index >= 15 is 0 Å². The molecule has 2 aliphatic heterocycles. The topological polar surface area (TPSA) is 86.7 Å². The van der Waals surface area contributed by atoms with Gasteiger partial charge in [-0.2, -0.15) is 0 Å². The van der Waals surface area contributed by atoms with Crippen LogP contribution in [0.25, 0.3) is 0 Å². The van der Waals surface area contributed by atoms with Crippen molar-refractivity contribution in [2.75, 3.05) is 0 Å². The van der Waals surface area contributed by atoms with Crippen LogP contribution >= 0.6 is 0 Å². The molecular formula is C16H14O6. The predicted molar refractivity (Wildman–Crippen MR) is 68.6 cm³/mol. The summed E-state index contributed by atoms with van der Waals surface area (Å²) in [6, 6.07) is 0. The molecule has 0 aromatic rings. The molecule has 0 N–H and O–H groups in total. The lowest BCUT2D eigenvalue weighted by molar-refractivity contribution is -0.156. The van der Waals surface area contributed by atoms with Crippen molar-refractivity contribution in [1.82, 2.24) is 0 Å². The molecule has 6 nitrogen and oxygen atoms in total. The van der Waals surface area contributed by atoms with E-state index in [-0.39, 0.29) is 0 Å². The van der Waals surface area contributed by atoms with Crippen LogP contribution in [0.4, 0.5) is 0 Å². The van der Waals surface area contributed by atoms with Gasteiger partial charge in [0.15, 0.2) is 0 Å². The van der Waals surface area contributed by atoms with Crippen molar-refractivity contribution in [3.8, 4) is 0 Å². The number of hydrogen-bond donors (Lipinski definition) is 0. The highest BCUT2D eigenvalue weighted by Crippen LogP contribution is 2.69. The largest absolute Gasteiger partial charge is 0.393 e. The minimum Gasteiger partial charge on any atom is -0.393 e. The number of carbonyl (C=O) groups is 4. The normalized spacial score (nSPS) is 48.4. The summed E-state index contributed by atoms with van der Waals surface area (Å²) >= 11 is 0. The predicted octanol–water partition coefficient (Wildman–Crippen LogP) is 0.748. The molecule has 0 unspecified atom stereocenters. The van der Waals surface area contributed by atoms with Crippen molar-refractivity contribution in [2.45, 2.75) is 25.7 Å². The summed E-state index contributed by atoms with van der Waals surface area (Å²) in [5.74, 6) is -5.10. The van der Waals surface area contributed by atoms with Crippen molar-refractivity contribution in [2.24, 2.45) is 35.0 Å². The lowest BCUT2D eigenvalue weighted by Gasteiger charge is -2.57. The van der Waals surface area contributed by atoms with Gasteiger partial charge in [0.25, 0.3) is 0 Å². The van der Waals surface area contributed by atoms with Crippen molar-refractivity contribution < 1.29 is 28.7 Å². The van der Waals surface area contributed by atoms with E-state index in [2.05, 4.69) is 0 Å². The monoisotopic (exact) mass is 302 g/mol. The second-order valence-corrected chi connectivity index (χ2v) is 7.00. The first-order chi connectivity index (χ1) is 10.6. The third-order valence-corrected chi connectivity index (χ3v) is 6.39. The Morgan fingerprint density at radius 2 is 1.45 bits per heavy atom. The Kier molecular flexibility index (Phi) is 2.09. The smallest absolute Gasteiger partial charge is 0.318 e. The zero-order valence-corrected chi connectivity index (χ0v) is 11.7. The highest BCUT2D eigenvalue weighted by atomic mass is 16.6. The van der Waals surface area contributed by atoms with Gasteiger partial charge in [0.2, 0.25) is 0 Å². The second kappa shape index (κ2) is 3.67. The Morgan fingerprint density at radius 3 is 2.05 bits per heavy atom. The van der Waals surface area contributed by atoms with Crippen LogP contribution in [-0.4, -0.2) is 23.9 Å². The van der Waals surface area contributed by atoms with Crippen LogP contribution in [0.1, 0.15) is 25.7 Å². The minimum atomic E-state index is -0.741. The number of carbonyl (C=O) groups excluding carboxylic acids is 4. The van der Waals surface area contributed by atoms with Crippen LogP contribution in [0.3, 0.4) is 0 Å². The number of ether oxygens (including phenoxy) is 2. The van der Waals surface area contributed by atoms with Crippen LogP contribution in [-0.2, 0) is 28.7 Å². The molecule has 2 heterocycles. The van der Waals surface area contributed by atoms with E-state index < -0.39 is 58.9 Å². The lowest BCUT2D eigenvalue weighted by Crippen LogP contribution is -2.60. The van der Waals surface area contributed by atoms with E-state index in [1.165, 1.54) is 0 Å². The van der Waals surface area contributed by atoms with Crippen LogP contribution < -0.4 is 0 Å². The SMILES string of the molecule is O=C1OC(=O)[C@H]2C3C=C4CCCCC4([C@H]12)[C@@H]1C(=O)OC(=O)[C@@H]31. The summed E-state index contributed by atoms with van der Waals surface area (Å²) in [4.78, 5) is 49.0. The number of hydrogen-bond acceptors (Lipinski definition) is 6. The van der Waals surface area contributed by atoms with Crippen molar-refractivity contribution >= 4 is 23.9 Å². The first-order valence-electron chi connectivity index (χ1n) is 7.78. The van der Waals surface area contributed by atoms with Crippen LogP contribution in [0, 0.1) is 35.0 Å². The first kappa shape index (κ1) is 12.6. The molecule has 6 rings (SSSR count). The van der Waals surface area contributed by atoms with Crippen molar-refractivity contribution in [3.63, 3.8) is 0 Å². The zero-order chi connectivity index (χ0) is 15.2. The number of rotatable bonds is 0. The van der Waals surface area contributed by atoms with Gasteiger partial charge in [0.1, 0.15) is 0 Å². The Labute approximate surface area is 125 Å². The maximum atomic E-state index is 12.3. The third kappa shape index (κ3) is 1.13. The summed E-state index contributed by atoms with van der Waals surface area (Å²) in [7, 11) is 0. The number of esters is 4. The Hall–Kier alpha value is -1.98. The molecule has 114 valence electrons. The zero-order valence-electron chi connectivity index (χ0n) is 11.7. The molecule has 0 aromatic carbocycles. The van der Waals surface area contributed by atoms with Gasteiger partial charge < -0.3 is 9.47 Å². The number of allylic oxidation sites excluding steroid dienone is 2. The van der Waals surface area contributed by atoms with Gasteiger partial charge in [-0.05, 0) is 19.3 Å². The average molecular weight is 302 g/mol. The first-order valence-corrected chi connectivity index (χ1v) is 7.78. The highest BCUT2D eigenvalue weighted by molar-refractivity contribution is 6.04. The molecule has 22 heavy (non-hydrogen) atoms. The molecule has 4 aliphatic carbocycles. The van der Waals surface area contributed by atoms with E-state index in [9.17, 15) is 19.2 Å². The van der Waals surface area contributed by atoms with E-state index in [0.29, 0.717) is 6.42 Å². The molecule has 0 aromatic heterocycles. The van der Waals surface area contributed by atoms with Crippen molar-refractivity contribution in [3.05, 3.63) is 11.6 Å². The van der Waals surface area contributed by atoms with E-state index in [4.69, 9.17) is 9.47 Å². The quantitative estimate of drug-likeness (QED) is 0.373. The average Bonchev–Trinajstić information content (AvgIpc) is 2.98. The fourth-order valence-electron chi connectivity index (χ4n) is 5.78. The summed E-state index contributed by atoms with van der Waals surface area (Å²) in [5.41, 5.74) is 0.319. The van der Waals surface area contributed by atoms with Gasteiger partial charge >= 0.3 is 23.9 Å². The van der Waals surface area contributed by atoms with Crippen LogP contribution in [0.15, 0.2) is 11.6 Å². The van der Waals surface area contributed by atoms with Gasteiger partial charge in [0.05, 0.1) is 23.7 Å². The standard InChI is InChI=1S/C16H14O6/c17-12-8-7-5-6-3-1-2-4-16(6,10(8)14(19)21-12)11-9(7)13(18)22-15(11)20/h5,7-11H,1-4H2/t7?,8-,9-,10-,11-,16?/m0/s1. The fourth-order valence-corrected chi connectivity index (χ4v) is 5.78. The molecule has 2 saturated carbocycles. The molecular weight excluding hydrogens is 288 g/mol. The maximum Gasteiger partial charge on any atom is 0.318 e. The molecule has 0 amide bonds. The molecule has 4 fully saturated rings. The molecule has 0 radical (unpaired) electrons. The van der Waals surface area contributed by atoms with E-state index in [0.717, 1.165) is 24.8 Å². The number of cyclic esters (lactones) is 4. The molecule has 6 heteroatoms. The lowest BCUT2D eigenvalue weighted by atomic mass is 9.41. The fraction of sp³-hybridized carbons (Fsp3) is 0.625. The Balaban J connectivity index is 1.80. The molecule has 6 aliphatic rings. The highest BCUT2D eigenvalue weighted by Gasteiger charge is 2.75. The van der Waals surface area contributed by atoms with E-state index in [1.807, 2.05) is 6.08 Å². The van der Waals surface area contributed by atoms with Gasteiger partial charge in [-0.1, -0.05) is 18.1 Å². The maximum absolute atomic E-state index is 12.3. The molecule has 1 spiro atoms. The van der Waals surface area contributed by atoms with Gasteiger partial charge in [-0.15, -0.1) is 0 Å². The molecule has 4 atom stereocenters. The molecule has 2 bridgehead atoms. The summed E-state index contributed by atoms with van der Waals surface area (Å²) in [6.45, 7) is 0. The van der Waals surface area contributed by atoms with Gasteiger partial charge in [0, 0.05) is 11.3 Å². The van der Waals surface area contributed by atoms with Crippen LogP contribution in [0.2, 0.25) is 0 Å². The molecule has 2 saturated heterocycles. The Bertz CT molecular complexity index is 647. The van der Waals surface area contributed by atoms with E-state index in [1.54, 1.807) is 0 Å². The third-order valence-electron chi connectivity index (χ3n) is 6.39. The summed E-state index contributed by atoms with van der Waals surface area (Å²) in [5, 5.41) is 0. The van der Waals surface area contributed by atoms with Crippen LogP contribution in [0.5, 0.6) is 0 Å². The van der Waals surface area contributed by atoms with Gasteiger partial charge in [-0.3, -0.25) is 19.2 Å². The minimum absolute atomic E-state index is 0.442. The summed E-state index contributed by atoms with van der Waals surface area (Å²) < 4.78 is 9.79. The second-order valence-electron chi connectivity index (χ2n) is 7.00. The summed E-state index contributed by atoms with van der Waals surface area (Å²) in [6.07, 6.45) is 5.30. The Morgan fingerprint density at radius 1 is 0.864 bits per heavy atom. The van der Waals surface area contributed by atoms with Gasteiger partial charge in [-0.25, -0.2) is 0 Å².